The number of carbonyl (C=O) groups is 1. The fourth-order valence-electron chi connectivity index (χ4n) is 5.02. The Morgan fingerprint density at radius 3 is 2.61 bits per heavy atom. The van der Waals surface area contributed by atoms with Crippen LogP contribution in [-0.2, 0) is 4.79 Å². The van der Waals surface area contributed by atoms with Crippen molar-refractivity contribution in [1.29, 1.82) is 0 Å². The van der Waals surface area contributed by atoms with Crippen molar-refractivity contribution in [1.82, 2.24) is 10.6 Å². The molecule has 0 spiro atoms. The van der Waals surface area contributed by atoms with Crippen LogP contribution in [0.5, 0.6) is 0 Å². The Kier molecular flexibility index (Phi) is 9.00. The van der Waals surface area contributed by atoms with E-state index < -0.39 is 5.41 Å². The normalized spacial score (nSPS) is 24.7. The van der Waals surface area contributed by atoms with Crippen molar-refractivity contribution < 1.29 is 9.90 Å². The van der Waals surface area contributed by atoms with E-state index in [1.165, 1.54) is 0 Å². The summed E-state index contributed by atoms with van der Waals surface area (Å²) >= 11 is 12.4. The molecule has 178 valence electrons. The molecule has 1 heterocycles. The topological polar surface area (TPSA) is 61.4 Å². The maximum atomic E-state index is 13.2. The zero-order valence-corrected chi connectivity index (χ0v) is 20.9. The molecule has 2 aromatic carbocycles. The predicted molar refractivity (Wildman–Crippen MR) is 137 cm³/mol. The molecule has 1 saturated heterocycles. The number of aliphatic hydroxyl groups excluding tert-OH is 1. The van der Waals surface area contributed by atoms with Crippen LogP contribution in [0.15, 0.2) is 61.2 Å². The van der Waals surface area contributed by atoms with E-state index in [0.717, 1.165) is 24.0 Å². The van der Waals surface area contributed by atoms with Crippen molar-refractivity contribution in [3.05, 3.63) is 82.4 Å². The molecular formula is C27H34Cl2N2O2. The molecule has 1 amide bonds. The van der Waals surface area contributed by atoms with Gasteiger partial charge in [0, 0.05) is 34.6 Å². The van der Waals surface area contributed by atoms with Crippen LogP contribution in [0.25, 0.3) is 0 Å². The van der Waals surface area contributed by atoms with Gasteiger partial charge in [0.25, 0.3) is 0 Å². The quantitative estimate of drug-likeness (QED) is 0.365. The molecule has 6 heteroatoms. The Morgan fingerprint density at radius 2 is 1.97 bits per heavy atom. The van der Waals surface area contributed by atoms with Gasteiger partial charge in [-0.15, -0.1) is 6.58 Å². The van der Waals surface area contributed by atoms with E-state index in [9.17, 15) is 9.90 Å². The molecule has 3 rings (SSSR count). The fourth-order valence-corrected chi connectivity index (χ4v) is 5.34. The summed E-state index contributed by atoms with van der Waals surface area (Å²) in [4.78, 5) is 13.2. The first-order valence-electron chi connectivity index (χ1n) is 11.5. The number of piperidine rings is 1. The number of hydrogen-bond acceptors (Lipinski definition) is 3. The van der Waals surface area contributed by atoms with Crippen molar-refractivity contribution in [3.63, 3.8) is 0 Å². The molecule has 1 aliphatic rings. The second kappa shape index (κ2) is 11.5. The maximum absolute atomic E-state index is 13.2. The van der Waals surface area contributed by atoms with Gasteiger partial charge in [0.2, 0.25) is 5.91 Å². The molecule has 33 heavy (non-hydrogen) atoms. The summed E-state index contributed by atoms with van der Waals surface area (Å²) in [5.41, 5.74) is 1.74. The molecule has 1 aliphatic heterocycles. The van der Waals surface area contributed by atoms with Crippen LogP contribution in [-0.4, -0.2) is 30.2 Å². The van der Waals surface area contributed by atoms with Gasteiger partial charge in [-0.3, -0.25) is 4.79 Å². The number of allylic oxidation sites excluding steroid dienone is 1. The summed E-state index contributed by atoms with van der Waals surface area (Å²) in [7, 11) is 0. The fraction of sp³-hybridized carbons (Fsp3) is 0.444. The van der Waals surface area contributed by atoms with E-state index in [2.05, 4.69) is 30.2 Å². The molecule has 2 aromatic rings. The van der Waals surface area contributed by atoms with E-state index >= 15 is 0 Å². The number of aliphatic hydroxyl groups is 1. The minimum Gasteiger partial charge on any atom is -0.395 e. The minimum absolute atomic E-state index is 0.0304. The third kappa shape index (κ3) is 6.39. The van der Waals surface area contributed by atoms with E-state index in [4.69, 9.17) is 23.2 Å². The van der Waals surface area contributed by atoms with Crippen LogP contribution in [0.4, 0.5) is 0 Å². The van der Waals surface area contributed by atoms with Crippen LogP contribution >= 0.6 is 23.2 Å². The van der Waals surface area contributed by atoms with Crippen LogP contribution in [0, 0.1) is 11.3 Å². The van der Waals surface area contributed by atoms with E-state index in [1.54, 1.807) is 0 Å². The minimum atomic E-state index is -0.504. The lowest BCUT2D eigenvalue weighted by Crippen LogP contribution is -2.55. The molecular weight excluding hydrogens is 455 g/mol. The summed E-state index contributed by atoms with van der Waals surface area (Å²) in [5.74, 6) is 0.368. The largest absolute Gasteiger partial charge is 0.395 e. The van der Waals surface area contributed by atoms with Crippen LogP contribution < -0.4 is 10.6 Å². The van der Waals surface area contributed by atoms with Crippen LogP contribution in [0.1, 0.15) is 56.2 Å². The summed E-state index contributed by atoms with van der Waals surface area (Å²) in [6.07, 6.45) is 3.98. The van der Waals surface area contributed by atoms with Crippen molar-refractivity contribution >= 4 is 29.1 Å². The summed E-state index contributed by atoms with van der Waals surface area (Å²) in [5, 5.41) is 17.6. The van der Waals surface area contributed by atoms with Crippen molar-refractivity contribution in [2.24, 2.45) is 11.3 Å². The zero-order valence-electron chi connectivity index (χ0n) is 19.4. The monoisotopic (exact) mass is 488 g/mol. The van der Waals surface area contributed by atoms with E-state index in [0.29, 0.717) is 23.0 Å². The second-order valence-electron chi connectivity index (χ2n) is 9.41. The van der Waals surface area contributed by atoms with Gasteiger partial charge < -0.3 is 15.7 Å². The van der Waals surface area contributed by atoms with Gasteiger partial charge in [0.15, 0.2) is 0 Å². The maximum Gasteiger partial charge on any atom is 0.226 e. The van der Waals surface area contributed by atoms with Gasteiger partial charge in [0.05, 0.1) is 12.0 Å². The molecule has 0 saturated carbocycles. The van der Waals surface area contributed by atoms with Gasteiger partial charge in [-0.2, -0.15) is 0 Å². The van der Waals surface area contributed by atoms with Gasteiger partial charge in [-0.25, -0.2) is 0 Å². The lowest BCUT2D eigenvalue weighted by Gasteiger charge is -2.45. The van der Waals surface area contributed by atoms with Crippen molar-refractivity contribution in [3.8, 4) is 0 Å². The highest BCUT2D eigenvalue weighted by Gasteiger charge is 2.45. The number of hydrogen-bond donors (Lipinski definition) is 3. The summed E-state index contributed by atoms with van der Waals surface area (Å²) < 4.78 is 0. The zero-order chi connectivity index (χ0) is 24.0. The molecule has 0 aliphatic carbocycles. The lowest BCUT2D eigenvalue weighted by atomic mass is 9.67. The van der Waals surface area contributed by atoms with Crippen LogP contribution in [0.2, 0.25) is 10.0 Å². The Labute approximate surface area is 207 Å². The van der Waals surface area contributed by atoms with E-state index in [-0.39, 0.29) is 36.4 Å². The molecule has 5 atom stereocenters. The van der Waals surface area contributed by atoms with Gasteiger partial charge in [-0.05, 0) is 60.6 Å². The highest BCUT2D eigenvalue weighted by molar-refractivity contribution is 6.30. The van der Waals surface area contributed by atoms with Gasteiger partial charge in [0.1, 0.15) is 0 Å². The smallest absolute Gasteiger partial charge is 0.226 e. The number of amides is 1. The molecule has 1 unspecified atom stereocenters. The average molecular weight is 489 g/mol. The molecule has 0 radical (unpaired) electrons. The lowest BCUT2D eigenvalue weighted by molar-refractivity contribution is -0.135. The van der Waals surface area contributed by atoms with Crippen molar-refractivity contribution in [2.75, 3.05) is 13.2 Å². The predicted octanol–water partition coefficient (Wildman–Crippen LogP) is 5.90. The molecule has 1 fully saturated rings. The first-order valence-corrected chi connectivity index (χ1v) is 12.3. The molecule has 4 nitrogen and oxygen atoms in total. The van der Waals surface area contributed by atoms with Gasteiger partial charge >= 0.3 is 0 Å². The number of halogens is 2. The third-order valence-corrected chi connectivity index (χ3v) is 7.30. The highest BCUT2D eigenvalue weighted by atomic mass is 35.5. The van der Waals surface area contributed by atoms with Crippen molar-refractivity contribution in [2.45, 2.75) is 51.1 Å². The summed E-state index contributed by atoms with van der Waals surface area (Å²) in [6, 6.07) is 15.7. The first kappa shape index (κ1) is 25.8. The Bertz CT molecular complexity index is 949. The first-order chi connectivity index (χ1) is 15.8. The van der Waals surface area contributed by atoms with Crippen LogP contribution in [0.3, 0.4) is 0 Å². The standard InChI is InChI=1S/C27H34Cl2N2O2/c1-4-12-27(3)17-23(20-6-5-7-22(29)16-20)25(31-26(27)33)18(2)15-24(30-13-14-32)19-8-10-21(28)11-9-19/h4-11,16,18,23-25,30,32H,1,12-15,17H2,2-3H3,(H,31,33)/t18?,23-,24+,25+,27+/m1/s1. The van der Waals surface area contributed by atoms with Gasteiger partial charge in [-0.1, -0.05) is 67.4 Å². The average Bonchev–Trinajstić information content (AvgIpc) is 2.79. The molecule has 0 bridgehead atoms. The Balaban J connectivity index is 1.89. The SMILES string of the molecule is C=CC[C@@]1(C)C[C@H](c2cccc(Cl)c2)[C@H](C(C)C[C@H](NCCO)c2ccc(Cl)cc2)NC1=O. The molecule has 3 N–H and O–H groups in total. The highest BCUT2D eigenvalue weighted by Crippen LogP contribution is 2.44. The second-order valence-corrected chi connectivity index (χ2v) is 10.3. The van der Waals surface area contributed by atoms with E-state index in [1.807, 2.05) is 55.5 Å². The Hall–Kier alpha value is -1.85. The number of rotatable bonds is 10. The number of carbonyl (C=O) groups excluding carboxylic acids is 1. The Morgan fingerprint density at radius 1 is 1.24 bits per heavy atom. The number of nitrogens with one attached hydrogen (secondary N) is 2. The summed E-state index contributed by atoms with van der Waals surface area (Å²) in [6.45, 7) is 8.62. The third-order valence-electron chi connectivity index (χ3n) is 6.82. The number of benzene rings is 2. The molecule has 0 aromatic heterocycles.